The molecule has 0 aromatic heterocycles. The maximum absolute atomic E-state index is 9.23. The predicted molar refractivity (Wildman–Crippen MR) is 47.4 cm³/mol. The molecule has 1 heterocycles. The minimum Gasteiger partial charge on any atom is -0.376 e. The van der Waals surface area contributed by atoms with E-state index in [4.69, 9.17) is 14.2 Å². The smallest absolute Gasteiger partial charge is 0.157 e. The number of aliphatic hydroxyl groups is 1. The first-order chi connectivity index (χ1) is 6.27. The van der Waals surface area contributed by atoms with Gasteiger partial charge in [0.1, 0.15) is 6.10 Å². The second kappa shape index (κ2) is 5.54. The third kappa shape index (κ3) is 3.23. The van der Waals surface area contributed by atoms with Crippen LogP contribution in [-0.4, -0.2) is 43.4 Å². The zero-order valence-corrected chi connectivity index (χ0v) is 8.23. The second-order valence-electron chi connectivity index (χ2n) is 3.01. The highest BCUT2D eigenvalue weighted by atomic mass is 16.6. The first kappa shape index (κ1) is 10.9. The highest BCUT2D eigenvalue weighted by Crippen LogP contribution is 2.18. The van der Waals surface area contributed by atoms with Crippen LogP contribution in [0.4, 0.5) is 0 Å². The third-order valence-electron chi connectivity index (χ3n) is 2.06. The zero-order valence-electron chi connectivity index (χ0n) is 8.23. The van der Waals surface area contributed by atoms with Crippen LogP contribution in [0.1, 0.15) is 20.3 Å². The molecule has 0 aromatic carbocycles. The summed E-state index contributed by atoms with van der Waals surface area (Å²) in [6, 6.07) is 0. The Hall–Kier alpha value is -0.160. The van der Waals surface area contributed by atoms with Crippen molar-refractivity contribution in [3.05, 3.63) is 0 Å². The monoisotopic (exact) mass is 190 g/mol. The van der Waals surface area contributed by atoms with Crippen molar-refractivity contribution in [1.29, 1.82) is 0 Å². The standard InChI is InChI=1S/C9H18O4/c1-3-11-7-5-9(10)13-6-8(7)12-4-2/h7-10H,3-6H2,1-2H3/t7-,8+,9-/m0/s1. The Morgan fingerprint density at radius 1 is 1.23 bits per heavy atom. The molecule has 1 aliphatic heterocycles. The number of rotatable bonds is 4. The minimum absolute atomic E-state index is 0.0336. The molecule has 0 amide bonds. The fourth-order valence-electron chi connectivity index (χ4n) is 1.49. The number of hydrogen-bond donors (Lipinski definition) is 1. The van der Waals surface area contributed by atoms with Crippen molar-refractivity contribution in [1.82, 2.24) is 0 Å². The Kier molecular flexibility index (Phi) is 4.66. The minimum atomic E-state index is -0.701. The average Bonchev–Trinajstić information content (AvgIpc) is 2.10. The van der Waals surface area contributed by atoms with E-state index in [9.17, 15) is 5.11 Å². The van der Waals surface area contributed by atoms with Gasteiger partial charge in [-0.15, -0.1) is 0 Å². The van der Waals surface area contributed by atoms with Crippen molar-refractivity contribution < 1.29 is 19.3 Å². The molecule has 13 heavy (non-hydrogen) atoms. The van der Waals surface area contributed by atoms with E-state index in [1.54, 1.807) is 0 Å². The Balaban J connectivity index is 2.40. The summed E-state index contributed by atoms with van der Waals surface area (Å²) in [5, 5.41) is 9.23. The molecule has 1 fully saturated rings. The van der Waals surface area contributed by atoms with E-state index in [1.165, 1.54) is 0 Å². The van der Waals surface area contributed by atoms with Crippen LogP contribution < -0.4 is 0 Å². The van der Waals surface area contributed by atoms with Crippen LogP contribution in [0.25, 0.3) is 0 Å². The maximum atomic E-state index is 9.23. The van der Waals surface area contributed by atoms with Gasteiger partial charge >= 0.3 is 0 Å². The molecular weight excluding hydrogens is 172 g/mol. The number of aliphatic hydroxyl groups excluding tert-OH is 1. The van der Waals surface area contributed by atoms with E-state index < -0.39 is 6.29 Å². The first-order valence-electron chi connectivity index (χ1n) is 4.80. The lowest BCUT2D eigenvalue weighted by Crippen LogP contribution is -2.44. The van der Waals surface area contributed by atoms with Gasteiger partial charge in [-0.2, -0.15) is 0 Å². The van der Waals surface area contributed by atoms with Crippen molar-refractivity contribution in [2.45, 2.75) is 38.8 Å². The van der Waals surface area contributed by atoms with Gasteiger partial charge < -0.3 is 19.3 Å². The van der Waals surface area contributed by atoms with Crippen LogP contribution in [0, 0.1) is 0 Å². The van der Waals surface area contributed by atoms with E-state index in [1.807, 2.05) is 13.8 Å². The largest absolute Gasteiger partial charge is 0.376 e. The molecule has 0 spiro atoms. The summed E-state index contributed by atoms with van der Waals surface area (Å²) in [4.78, 5) is 0. The van der Waals surface area contributed by atoms with E-state index in [0.29, 0.717) is 26.2 Å². The molecule has 0 bridgehead atoms. The van der Waals surface area contributed by atoms with Gasteiger partial charge in [0.15, 0.2) is 6.29 Å². The number of hydrogen-bond acceptors (Lipinski definition) is 4. The van der Waals surface area contributed by atoms with Crippen LogP contribution in [0.3, 0.4) is 0 Å². The average molecular weight is 190 g/mol. The molecule has 1 saturated heterocycles. The SMILES string of the molecule is CCO[C@H]1C[C@@H](O)OC[C@H]1OCC. The lowest BCUT2D eigenvalue weighted by atomic mass is 10.1. The van der Waals surface area contributed by atoms with Crippen molar-refractivity contribution in [2.75, 3.05) is 19.8 Å². The molecule has 1 rings (SSSR count). The molecule has 0 saturated carbocycles. The van der Waals surface area contributed by atoms with Crippen LogP contribution in [0.15, 0.2) is 0 Å². The van der Waals surface area contributed by atoms with Gasteiger partial charge in [0, 0.05) is 19.6 Å². The highest BCUT2D eigenvalue weighted by Gasteiger charge is 2.31. The second-order valence-corrected chi connectivity index (χ2v) is 3.01. The number of ether oxygens (including phenoxy) is 3. The fourth-order valence-corrected chi connectivity index (χ4v) is 1.49. The Morgan fingerprint density at radius 2 is 1.85 bits per heavy atom. The van der Waals surface area contributed by atoms with Crippen LogP contribution in [-0.2, 0) is 14.2 Å². The quantitative estimate of drug-likeness (QED) is 0.702. The molecule has 4 nitrogen and oxygen atoms in total. The fraction of sp³-hybridized carbons (Fsp3) is 1.00. The van der Waals surface area contributed by atoms with E-state index in [2.05, 4.69) is 0 Å². The van der Waals surface area contributed by atoms with Gasteiger partial charge in [-0.25, -0.2) is 0 Å². The van der Waals surface area contributed by atoms with Gasteiger partial charge in [-0.05, 0) is 13.8 Å². The van der Waals surface area contributed by atoms with Gasteiger partial charge in [0.25, 0.3) is 0 Å². The Bertz CT molecular complexity index is 140. The highest BCUT2D eigenvalue weighted by molar-refractivity contribution is 4.76. The van der Waals surface area contributed by atoms with E-state index in [0.717, 1.165) is 0 Å². The Morgan fingerprint density at radius 3 is 2.46 bits per heavy atom. The lowest BCUT2D eigenvalue weighted by molar-refractivity contribution is -0.215. The van der Waals surface area contributed by atoms with Crippen molar-refractivity contribution >= 4 is 0 Å². The first-order valence-corrected chi connectivity index (χ1v) is 4.80. The molecule has 3 atom stereocenters. The van der Waals surface area contributed by atoms with Gasteiger partial charge in [-0.1, -0.05) is 0 Å². The molecule has 1 aliphatic rings. The zero-order chi connectivity index (χ0) is 9.68. The summed E-state index contributed by atoms with van der Waals surface area (Å²) in [6.45, 7) is 5.58. The Labute approximate surface area is 78.8 Å². The topological polar surface area (TPSA) is 47.9 Å². The summed E-state index contributed by atoms with van der Waals surface area (Å²) >= 11 is 0. The summed E-state index contributed by atoms with van der Waals surface area (Å²) < 4.78 is 16.0. The molecule has 4 heteroatoms. The van der Waals surface area contributed by atoms with E-state index >= 15 is 0 Å². The van der Waals surface area contributed by atoms with Crippen molar-refractivity contribution in [3.63, 3.8) is 0 Å². The molecule has 0 aliphatic carbocycles. The molecule has 1 N–H and O–H groups in total. The molecular formula is C9H18O4. The van der Waals surface area contributed by atoms with Crippen LogP contribution in [0.2, 0.25) is 0 Å². The molecule has 0 aromatic rings. The predicted octanol–water partition coefficient (Wildman–Crippen LogP) is 0.535. The van der Waals surface area contributed by atoms with Gasteiger partial charge in [0.2, 0.25) is 0 Å². The van der Waals surface area contributed by atoms with Crippen LogP contribution >= 0.6 is 0 Å². The van der Waals surface area contributed by atoms with Crippen LogP contribution in [0.5, 0.6) is 0 Å². The molecule has 0 unspecified atom stereocenters. The third-order valence-corrected chi connectivity index (χ3v) is 2.06. The lowest BCUT2D eigenvalue weighted by Gasteiger charge is -2.33. The maximum Gasteiger partial charge on any atom is 0.157 e. The van der Waals surface area contributed by atoms with E-state index in [-0.39, 0.29) is 12.2 Å². The molecule has 78 valence electrons. The molecule has 0 radical (unpaired) electrons. The summed E-state index contributed by atoms with van der Waals surface area (Å²) in [5.74, 6) is 0. The van der Waals surface area contributed by atoms with Crippen molar-refractivity contribution in [3.8, 4) is 0 Å². The van der Waals surface area contributed by atoms with Crippen molar-refractivity contribution in [2.24, 2.45) is 0 Å². The summed E-state index contributed by atoms with van der Waals surface area (Å²) in [7, 11) is 0. The van der Waals surface area contributed by atoms with Gasteiger partial charge in [-0.3, -0.25) is 0 Å². The van der Waals surface area contributed by atoms with Gasteiger partial charge in [0.05, 0.1) is 12.7 Å². The summed E-state index contributed by atoms with van der Waals surface area (Å²) in [6.07, 6.45) is -0.270. The normalized spacial score (nSPS) is 34.8. The summed E-state index contributed by atoms with van der Waals surface area (Å²) in [5.41, 5.74) is 0.